The van der Waals surface area contributed by atoms with Gasteiger partial charge in [-0.3, -0.25) is 5.32 Å². The Morgan fingerprint density at radius 2 is 2.44 bits per heavy atom. The Balaban J connectivity index is 2.01. The van der Waals surface area contributed by atoms with E-state index in [1.165, 1.54) is 16.2 Å². The topological polar surface area (TPSA) is 82.5 Å². The molecule has 0 bridgehead atoms. The molecule has 0 saturated carbocycles. The van der Waals surface area contributed by atoms with Crippen molar-refractivity contribution in [3.05, 3.63) is 11.6 Å². The summed E-state index contributed by atoms with van der Waals surface area (Å²) in [5, 5.41) is 13.7. The number of aliphatic carboxylic acids is 1. The van der Waals surface area contributed by atoms with E-state index in [9.17, 15) is 9.59 Å². The highest BCUT2D eigenvalue weighted by atomic mass is 32.1. The first-order chi connectivity index (χ1) is 7.68. The lowest BCUT2D eigenvalue weighted by molar-refractivity contribution is -0.141. The van der Waals surface area contributed by atoms with Crippen molar-refractivity contribution in [2.45, 2.75) is 18.9 Å². The zero-order valence-electron chi connectivity index (χ0n) is 8.42. The van der Waals surface area contributed by atoms with Crippen molar-refractivity contribution < 1.29 is 14.7 Å². The van der Waals surface area contributed by atoms with E-state index in [-0.39, 0.29) is 6.03 Å². The largest absolute Gasteiger partial charge is 0.480 e. The first kappa shape index (κ1) is 10.9. The van der Waals surface area contributed by atoms with Gasteiger partial charge >= 0.3 is 12.0 Å². The van der Waals surface area contributed by atoms with Crippen molar-refractivity contribution in [2.75, 3.05) is 11.9 Å². The summed E-state index contributed by atoms with van der Waals surface area (Å²) >= 11 is 1.30. The van der Waals surface area contributed by atoms with E-state index in [4.69, 9.17) is 5.11 Å². The number of anilines is 1. The average molecular weight is 241 g/mol. The quantitative estimate of drug-likeness (QED) is 0.815. The number of hydrogen-bond donors (Lipinski definition) is 2. The Bertz CT molecular complexity index is 393. The molecule has 1 atom stereocenters. The molecule has 6 nitrogen and oxygen atoms in total. The lowest BCUT2D eigenvalue weighted by Gasteiger charge is -2.20. The maximum absolute atomic E-state index is 11.7. The predicted molar refractivity (Wildman–Crippen MR) is 58.5 cm³/mol. The highest BCUT2D eigenvalue weighted by Crippen LogP contribution is 2.19. The van der Waals surface area contributed by atoms with Gasteiger partial charge in [-0.15, -0.1) is 11.3 Å². The average Bonchev–Trinajstić information content (AvgIpc) is 2.86. The molecule has 1 aliphatic heterocycles. The molecule has 0 aromatic carbocycles. The highest BCUT2D eigenvalue weighted by Gasteiger charge is 2.34. The normalized spacial score (nSPS) is 19.8. The Morgan fingerprint density at radius 1 is 1.62 bits per heavy atom. The molecule has 1 aliphatic rings. The van der Waals surface area contributed by atoms with Crippen LogP contribution in [0, 0.1) is 0 Å². The fraction of sp³-hybridized carbons (Fsp3) is 0.444. The number of aromatic nitrogens is 1. The molecule has 2 N–H and O–H groups in total. The van der Waals surface area contributed by atoms with E-state index < -0.39 is 12.0 Å². The molecule has 0 radical (unpaired) electrons. The molecule has 1 aromatic heterocycles. The SMILES string of the molecule is O=C(O)[C@H]1CCCN1C(=O)Nc1nccs1. The van der Waals surface area contributed by atoms with Gasteiger partial charge in [-0.05, 0) is 12.8 Å². The third kappa shape index (κ3) is 2.13. The van der Waals surface area contributed by atoms with Crippen LogP contribution in [0.4, 0.5) is 9.93 Å². The second-order valence-electron chi connectivity index (χ2n) is 3.46. The monoisotopic (exact) mass is 241 g/mol. The van der Waals surface area contributed by atoms with Crippen molar-refractivity contribution in [3.8, 4) is 0 Å². The van der Waals surface area contributed by atoms with E-state index >= 15 is 0 Å². The van der Waals surface area contributed by atoms with Gasteiger partial charge in [0.05, 0.1) is 0 Å². The zero-order chi connectivity index (χ0) is 11.5. The second kappa shape index (κ2) is 4.48. The molecule has 1 saturated heterocycles. The number of rotatable bonds is 2. The molecule has 1 fully saturated rings. The van der Waals surface area contributed by atoms with Crippen LogP contribution in [-0.2, 0) is 4.79 Å². The maximum Gasteiger partial charge on any atom is 0.326 e. The van der Waals surface area contributed by atoms with Crippen LogP contribution in [0.25, 0.3) is 0 Å². The Morgan fingerprint density at radius 3 is 3.06 bits per heavy atom. The lowest BCUT2D eigenvalue weighted by atomic mass is 10.2. The number of thiazole rings is 1. The van der Waals surface area contributed by atoms with E-state index in [1.807, 2.05) is 0 Å². The standard InChI is InChI=1S/C9H11N3O3S/c13-7(14)6-2-1-4-12(6)9(15)11-8-10-3-5-16-8/h3,5-6H,1-2,4H2,(H,13,14)(H,10,11,15)/t6-/m1/s1. The number of likely N-dealkylation sites (tertiary alicyclic amines) is 1. The molecule has 7 heteroatoms. The molecule has 0 aliphatic carbocycles. The Labute approximate surface area is 95.9 Å². The molecular formula is C9H11N3O3S. The summed E-state index contributed by atoms with van der Waals surface area (Å²) in [4.78, 5) is 27.9. The number of carboxylic acid groups (broad SMARTS) is 1. The molecule has 0 unspecified atom stereocenters. The van der Waals surface area contributed by atoms with Gasteiger partial charge in [0.25, 0.3) is 0 Å². The van der Waals surface area contributed by atoms with Gasteiger partial charge in [0, 0.05) is 18.1 Å². The third-order valence-electron chi connectivity index (χ3n) is 2.44. The van der Waals surface area contributed by atoms with Gasteiger partial charge < -0.3 is 10.0 Å². The van der Waals surface area contributed by atoms with E-state index in [0.29, 0.717) is 18.1 Å². The van der Waals surface area contributed by atoms with Gasteiger partial charge in [-0.2, -0.15) is 0 Å². The van der Waals surface area contributed by atoms with Crippen molar-refractivity contribution in [1.82, 2.24) is 9.88 Å². The van der Waals surface area contributed by atoms with Crippen LogP contribution in [0.2, 0.25) is 0 Å². The van der Waals surface area contributed by atoms with Crippen LogP contribution >= 0.6 is 11.3 Å². The minimum absolute atomic E-state index is 0.389. The molecule has 16 heavy (non-hydrogen) atoms. The molecule has 1 aromatic rings. The van der Waals surface area contributed by atoms with Gasteiger partial charge in [-0.1, -0.05) is 0 Å². The van der Waals surface area contributed by atoms with Crippen LogP contribution in [0.3, 0.4) is 0 Å². The zero-order valence-corrected chi connectivity index (χ0v) is 9.24. The van der Waals surface area contributed by atoms with Gasteiger partial charge in [0.15, 0.2) is 5.13 Å². The summed E-state index contributed by atoms with van der Waals surface area (Å²) < 4.78 is 0. The summed E-state index contributed by atoms with van der Waals surface area (Å²) in [6.45, 7) is 0.480. The smallest absolute Gasteiger partial charge is 0.326 e. The number of carbonyl (C=O) groups is 2. The molecular weight excluding hydrogens is 230 g/mol. The number of hydrogen-bond acceptors (Lipinski definition) is 4. The number of carbonyl (C=O) groups excluding carboxylic acids is 1. The van der Waals surface area contributed by atoms with Gasteiger partial charge in [-0.25, -0.2) is 14.6 Å². The second-order valence-corrected chi connectivity index (χ2v) is 4.35. The lowest BCUT2D eigenvalue weighted by Crippen LogP contribution is -2.42. The molecule has 2 heterocycles. The molecule has 86 valence electrons. The van der Waals surface area contributed by atoms with Crippen molar-refractivity contribution in [1.29, 1.82) is 0 Å². The number of amides is 2. The summed E-state index contributed by atoms with van der Waals surface area (Å²) in [6.07, 6.45) is 2.82. The Kier molecular flexibility index (Phi) is 3.04. The van der Waals surface area contributed by atoms with Crippen LogP contribution in [-0.4, -0.2) is 39.6 Å². The van der Waals surface area contributed by atoms with Crippen molar-refractivity contribution in [3.63, 3.8) is 0 Å². The number of urea groups is 1. The van der Waals surface area contributed by atoms with Crippen LogP contribution in [0.5, 0.6) is 0 Å². The minimum Gasteiger partial charge on any atom is -0.480 e. The third-order valence-corrected chi connectivity index (χ3v) is 3.13. The number of carboxylic acids is 1. The first-order valence-corrected chi connectivity index (χ1v) is 5.76. The van der Waals surface area contributed by atoms with Crippen molar-refractivity contribution >= 4 is 28.5 Å². The summed E-state index contributed by atoms with van der Waals surface area (Å²) in [6, 6.07) is -1.10. The molecule has 2 amide bonds. The van der Waals surface area contributed by atoms with Gasteiger partial charge in [0.1, 0.15) is 6.04 Å². The fourth-order valence-electron chi connectivity index (χ4n) is 1.71. The minimum atomic E-state index is -0.952. The van der Waals surface area contributed by atoms with Crippen LogP contribution < -0.4 is 5.32 Å². The summed E-state index contributed by atoms with van der Waals surface area (Å²) in [7, 11) is 0. The van der Waals surface area contributed by atoms with Crippen LogP contribution in [0.1, 0.15) is 12.8 Å². The van der Waals surface area contributed by atoms with Gasteiger partial charge in [0.2, 0.25) is 0 Å². The molecule has 0 spiro atoms. The molecule has 2 rings (SSSR count). The number of nitrogens with zero attached hydrogens (tertiary/aromatic N) is 2. The fourth-order valence-corrected chi connectivity index (χ4v) is 2.23. The van der Waals surface area contributed by atoms with E-state index in [1.54, 1.807) is 11.6 Å². The van der Waals surface area contributed by atoms with Crippen molar-refractivity contribution in [2.24, 2.45) is 0 Å². The van der Waals surface area contributed by atoms with Crippen LogP contribution in [0.15, 0.2) is 11.6 Å². The van der Waals surface area contributed by atoms with E-state index in [2.05, 4.69) is 10.3 Å². The summed E-state index contributed by atoms with van der Waals surface area (Å²) in [5.74, 6) is -0.952. The van der Waals surface area contributed by atoms with E-state index in [0.717, 1.165) is 6.42 Å². The Hall–Kier alpha value is -1.63. The summed E-state index contributed by atoms with van der Waals surface area (Å²) in [5.41, 5.74) is 0. The number of nitrogens with one attached hydrogen (secondary N) is 1. The highest BCUT2D eigenvalue weighted by molar-refractivity contribution is 7.13. The maximum atomic E-state index is 11.7. The first-order valence-electron chi connectivity index (χ1n) is 4.88. The predicted octanol–water partition coefficient (Wildman–Crippen LogP) is 1.22.